The molecule has 0 unspecified atom stereocenters. The first-order chi connectivity index (χ1) is 14.0. The molecule has 0 aromatic heterocycles. The number of nitrogens with one attached hydrogen (secondary N) is 1. The maximum absolute atomic E-state index is 12.5. The number of halogens is 2. The van der Waals surface area contributed by atoms with Crippen molar-refractivity contribution in [3.05, 3.63) is 57.6 Å². The van der Waals surface area contributed by atoms with Crippen molar-refractivity contribution in [2.75, 3.05) is 19.0 Å². The second-order valence-corrected chi connectivity index (χ2v) is 7.06. The van der Waals surface area contributed by atoms with Crippen molar-refractivity contribution in [2.24, 2.45) is 0 Å². The lowest BCUT2D eigenvalue weighted by molar-refractivity contribution is -0.112. The van der Waals surface area contributed by atoms with E-state index in [2.05, 4.69) is 12.2 Å². The van der Waals surface area contributed by atoms with E-state index in [0.717, 1.165) is 19.3 Å². The minimum atomic E-state index is -0.574. The van der Waals surface area contributed by atoms with Crippen LogP contribution in [0.15, 0.2) is 42.0 Å². The fourth-order valence-electron chi connectivity index (χ4n) is 2.52. The van der Waals surface area contributed by atoms with E-state index in [4.69, 9.17) is 32.7 Å². The molecule has 2 rings (SSSR count). The van der Waals surface area contributed by atoms with E-state index >= 15 is 0 Å². The zero-order chi connectivity index (χ0) is 21.2. The van der Waals surface area contributed by atoms with Crippen LogP contribution in [0.2, 0.25) is 10.0 Å². The second-order valence-electron chi connectivity index (χ2n) is 6.21. The molecular weight excluding hydrogens is 411 g/mol. The van der Waals surface area contributed by atoms with Crippen molar-refractivity contribution in [1.82, 2.24) is 0 Å². The molecule has 1 amide bonds. The van der Waals surface area contributed by atoms with E-state index in [-0.39, 0.29) is 10.6 Å². The van der Waals surface area contributed by atoms with Crippen LogP contribution in [0.1, 0.15) is 31.7 Å². The first-order valence-corrected chi connectivity index (χ1v) is 9.93. The van der Waals surface area contributed by atoms with Gasteiger partial charge in [-0.1, -0.05) is 49.0 Å². The van der Waals surface area contributed by atoms with Gasteiger partial charge in [-0.15, -0.1) is 0 Å². The van der Waals surface area contributed by atoms with Crippen LogP contribution in [0, 0.1) is 11.3 Å². The van der Waals surface area contributed by atoms with Gasteiger partial charge in [0.2, 0.25) is 0 Å². The fraction of sp³-hybridized carbons (Fsp3) is 0.273. The van der Waals surface area contributed by atoms with Crippen molar-refractivity contribution < 1.29 is 14.3 Å². The van der Waals surface area contributed by atoms with Gasteiger partial charge < -0.3 is 14.8 Å². The fourth-order valence-corrected chi connectivity index (χ4v) is 2.98. The number of nitrogens with zero attached hydrogens (tertiary/aromatic N) is 1. The molecule has 0 radical (unpaired) electrons. The molecule has 2 aromatic rings. The second kappa shape index (κ2) is 11.4. The summed E-state index contributed by atoms with van der Waals surface area (Å²) < 4.78 is 11.1. The van der Waals surface area contributed by atoms with Gasteiger partial charge in [0, 0.05) is 5.02 Å². The highest BCUT2D eigenvalue weighted by Gasteiger charge is 2.13. The maximum Gasteiger partial charge on any atom is 0.266 e. The van der Waals surface area contributed by atoms with E-state index in [1.165, 1.54) is 12.1 Å². The summed E-state index contributed by atoms with van der Waals surface area (Å²) in [6, 6.07) is 11.8. The molecule has 0 saturated carbocycles. The van der Waals surface area contributed by atoms with Gasteiger partial charge in [0.05, 0.1) is 24.4 Å². The van der Waals surface area contributed by atoms with Gasteiger partial charge >= 0.3 is 0 Å². The molecule has 0 spiro atoms. The number of benzene rings is 2. The molecule has 7 heteroatoms. The summed E-state index contributed by atoms with van der Waals surface area (Å²) in [5.74, 6) is 0.584. The number of hydrogen-bond acceptors (Lipinski definition) is 4. The van der Waals surface area contributed by atoms with Crippen LogP contribution in [0.25, 0.3) is 6.08 Å². The van der Waals surface area contributed by atoms with Gasteiger partial charge in [-0.2, -0.15) is 5.26 Å². The predicted molar refractivity (Wildman–Crippen MR) is 117 cm³/mol. The average molecular weight is 433 g/mol. The molecule has 2 aromatic carbocycles. The topological polar surface area (TPSA) is 71.3 Å². The Bertz CT molecular complexity index is 936. The number of rotatable bonds is 9. The van der Waals surface area contributed by atoms with Crippen LogP contribution in [-0.4, -0.2) is 19.6 Å². The van der Waals surface area contributed by atoms with Crippen LogP contribution < -0.4 is 14.8 Å². The number of unbranched alkanes of at least 4 members (excludes halogenated alkanes) is 2. The van der Waals surface area contributed by atoms with Crippen molar-refractivity contribution in [1.29, 1.82) is 5.26 Å². The minimum absolute atomic E-state index is 0.0744. The van der Waals surface area contributed by atoms with E-state index in [0.29, 0.717) is 34.4 Å². The van der Waals surface area contributed by atoms with Gasteiger partial charge in [-0.05, 0) is 48.4 Å². The predicted octanol–water partition coefficient (Wildman–Crippen LogP) is 6.12. The number of anilines is 1. The number of carbonyl (C=O) groups is 1. The number of carbonyl (C=O) groups excluding carboxylic acids is 1. The molecule has 5 nitrogen and oxygen atoms in total. The van der Waals surface area contributed by atoms with Crippen molar-refractivity contribution in [3.63, 3.8) is 0 Å². The zero-order valence-corrected chi connectivity index (χ0v) is 17.8. The maximum atomic E-state index is 12.5. The smallest absolute Gasteiger partial charge is 0.266 e. The number of amides is 1. The third kappa shape index (κ3) is 6.70. The molecule has 0 heterocycles. The lowest BCUT2D eigenvalue weighted by atomic mass is 10.1. The Morgan fingerprint density at radius 1 is 1.17 bits per heavy atom. The summed E-state index contributed by atoms with van der Waals surface area (Å²) in [6.45, 7) is 2.73. The lowest BCUT2D eigenvalue weighted by Gasteiger charge is -2.11. The summed E-state index contributed by atoms with van der Waals surface area (Å²) in [6.07, 6.45) is 4.65. The molecule has 152 valence electrons. The molecule has 0 bridgehead atoms. The van der Waals surface area contributed by atoms with E-state index in [1.54, 1.807) is 37.4 Å². The zero-order valence-electron chi connectivity index (χ0n) is 16.3. The van der Waals surface area contributed by atoms with E-state index < -0.39 is 5.91 Å². The molecule has 0 atom stereocenters. The van der Waals surface area contributed by atoms with Crippen LogP contribution in [0.5, 0.6) is 11.5 Å². The third-order valence-electron chi connectivity index (χ3n) is 4.05. The summed E-state index contributed by atoms with van der Waals surface area (Å²) >= 11 is 11.9. The molecule has 0 aliphatic heterocycles. The van der Waals surface area contributed by atoms with Crippen LogP contribution in [-0.2, 0) is 4.79 Å². The summed E-state index contributed by atoms with van der Waals surface area (Å²) in [4.78, 5) is 12.5. The molecule has 1 N–H and O–H groups in total. The summed E-state index contributed by atoms with van der Waals surface area (Å²) in [5.41, 5.74) is 0.932. The number of nitriles is 1. The highest BCUT2D eigenvalue weighted by atomic mass is 35.5. The van der Waals surface area contributed by atoms with Crippen LogP contribution in [0.4, 0.5) is 5.69 Å². The van der Waals surface area contributed by atoms with Crippen molar-refractivity contribution in [2.45, 2.75) is 26.2 Å². The third-order valence-corrected chi connectivity index (χ3v) is 4.60. The first-order valence-electron chi connectivity index (χ1n) is 9.17. The van der Waals surface area contributed by atoms with Gasteiger partial charge in [0.1, 0.15) is 11.6 Å². The van der Waals surface area contributed by atoms with Crippen LogP contribution >= 0.6 is 23.2 Å². The van der Waals surface area contributed by atoms with Gasteiger partial charge in [-0.3, -0.25) is 4.79 Å². The van der Waals surface area contributed by atoms with Gasteiger partial charge in [0.25, 0.3) is 5.91 Å². The SMILES string of the molecule is CCCCCOc1ccc(/C=C(\C#N)C(=O)Nc2ccc(Cl)cc2Cl)cc1OC. The molecule has 0 fully saturated rings. The molecular formula is C22H22Cl2N2O3. The Hall–Kier alpha value is -2.68. The Labute approximate surface area is 180 Å². The quantitative estimate of drug-likeness (QED) is 0.294. The lowest BCUT2D eigenvalue weighted by Crippen LogP contribution is -2.13. The van der Waals surface area contributed by atoms with Gasteiger partial charge in [-0.25, -0.2) is 0 Å². The standard InChI is InChI=1S/C22H22Cl2N2O3/c1-3-4-5-10-29-20-9-6-15(12-21(20)28-2)11-16(14-25)22(27)26-19-8-7-17(23)13-18(19)24/h6-9,11-13H,3-5,10H2,1-2H3,(H,26,27)/b16-11+. The Morgan fingerprint density at radius 2 is 1.97 bits per heavy atom. The highest BCUT2D eigenvalue weighted by molar-refractivity contribution is 6.36. The monoisotopic (exact) mass is 432 g/mol. The Balaban J connectivity index is 2.16. The summed E-state index contributed by atoms with van der Waals surface area (Å²) in [5, 5.41) is 12.8. The Morgan fingerprint density at radius 3 is 2.62 bits per heavy atom. The van der Waals surface area contributed by atoms with Crippen molar-refractivity contribution >= 4 is 40.9 Å². The minimum Gasteiger partial charge on any atom is -0.493 e. The van der Waals surface area contributed by atoms with Crippen molar-refractivity contribution in [3.8, 4) is 17.6 Å². The van der Waals surface area contributed by atoms with Crippen LogP contribution in [0.3, 0.4) is 0 Å². The highest BCUT2D eigenvalue weighted by Crippen LogP contribution is 2.30. The largest absolute Gasteiger partial charge is 0.493 e. The van der Waals surface area contributed by atoms with E-state index in [1.807, 2.05) is 6.07 Å². The number of ether oxygens (including phenoxy) is 2. The molecule has 0 aliphatic carbocycles. The molecule has 29 heavy (non-hydrogen) atoms. The molecule has 0 saturated heterocycles. The number of hydrogen-bond donors (Lipinski definition) is 1. The van der Waals surface area contributed by atoms with E-state index in [9.17, 15) is 10.1 Å². The summed E-state index contributed by atoms with van der Waals surface area (Å²) in [7, 11) is 1.54. The van der Waals surface area contributed by atoms with Gasteiger partial charge in [0.15, 0.2) is 11.5 Å². The first kappa shape index (κ1) is 22.6. The number of methoxy groups -OCH3 is 1. The normalized spacial score (nSPS) is 10.9. The Kier molecular flexibility index (Phi) is 8.85. The molecule has 0 aliphatic rings. The average Bonchev–Trinajstić information content (AvgIpc) is 2.71.